The van der Waals surface area contributed by atoms with Gasteiger partial charge in [-0.25, -0.2) is 13.8 Å². The molecule has 1 aliphatic rings. The molecule has 7 heteroatoms. The van der Waals surface area contributed by atoms with Crippen molar-refractivity contribution in [3.8, 4) is 17.6 Å². The Bertz CT molecular complexity index is 1100. The molecule has 3 aromatic rings. The molecule has 28 heavy (non-hydrogen) atoms. The van der Waals surface area contributed by atoms with Crippen molar-refractivity contribution in [2.75, 3.05) is 5.75 Å². The molecular weight excluding hydrogens is 378 g/mol. The first kappa shape index (κ1) is 18.9. The number of pyridine rings is 1. The summed E-state index contributed by atoms with van der Waals surface area (Å²) in [6.45, 7) is 2.94. The molecule has 0 N–H and O–H groups in total. The van der Waals surface area contributed by atoms with E-state index >= 15 is 0 Å². The maximum atomic E-state index is 13.7. The molecule has 0 saturated heterocycles. The molecule has 0 unspecified atom stereocenters. The van der Waals surface area contributed by atoms with E-state index in [1.54, 1.807) is 24.0 Å². The van der Waals surface area contributed by atoms with Gasteiger partial charge in [0.25, 0.3) is 5.92 Å². The van der Waals surface area contributed by atoms with E-state index in [1.807, 2.05) is 17.7 Å². The summed E-state index contributed by atoms with van der Waals surface area (Å²) in [4.78, 5) is 10.2. The fraction of sp³-hybridized carbons (Fsp3) is 0.381. The van der Waals surface area contributed by atoms with Gasteiger partial charge in [0.2, 0.25) is 0 Å². The zero-order valence-corrected chi connectivity index (χ0v) is 16.8. The molecule has 0 spiro atoms. The van der Waals surface area contributed by atoms with Crippen molar-refractivity contribution in [1.82, 2.24) is 14.5 Å². The first-order valence-corrected chi connectivity index (χ1v) is 10.2. The van der Waals surface area contributed by atoms with Crippen LogP contribution in [-0.2, 0) is 18.4 Å². The van der Waals surface area contributed by atoms with Crippen molar-refractivity contribution in [2.45, 2.75) is 42.9 Å². The molecule has 1 saturated carbocycles. The third-order valence-electron chi connectivity index (χ3n) is 5.27. The minimum Gasteiger partial charge on any atom is -0.326 e. The number of fused-ring (bicyclic) bond motifs is 1. The van der Waals surface area contributed by atoms with Gasteiger partial charge in [-0.2, -0.15) is 5.26 Å². The predicted octanol–water partition coefficient (Wildman–Crippen LogP) is 5.41. The number of rotatable bonds is 5. The maximum absolute atomic E-state index is 13.7. The first-order chi connectivity index (χ1) is 13.3. The Morgan fingerprint density at radius 3 is 2.68 bits per heavy atom. The topological polar surface area (TPSA) is 54.5 Å². The third-order valence-corrected chi connectivity index (χ3v) is 6.18. The lowest BCUT2D eigenvalue weighted by molar-refractivity contribution is 0.0176. The lowest BCUT2D eigenvalue weighted by Gasteiger charge is -2.12. The highest BCUT2D eigenvalue weighted by molar-refractivity contribution is 7.99. The van der Waals surface area contributed by atoms with Crippen LogP contribution in [0.1, 0.15) is 37.8 Å². The van der Waals surface area contributed by atoms with Crippen molar-refractivity contribution < 1.29 is 8.78 Å². The van der Waals surface area contributed by atoms with Crippen molar-refractivity contribution in [1.29, 1.82) is 5.26 Å². The minimum atomic E-state index is -2.91. The van der Waals surface area contributed by atoms with Crippen molar-refractivity contribution >= 4 is 22.8 Å². The molecule has 1 aromatic carbocycles. The highest BCUT2D eigenvalue weighted by atomic mass is 32.2. The number of nitrogens with zero attached hydrogens (tertiary/aromatic N) is 4. The smallest absolute Gasteiger partial charge is 0.270 e. The number of nitriles is 1. The van der Waals surface area contributed by atoms with E-state index in [1.165, 1.54) is 12.1 Å². The van der Waals surface area contributed by atoms with Gasteiger partial charge in [0, 0.05) is 30.6 Å². The van der Waals surface area contributed by atoms with E-state index < -0.39 is 11.3 Å². The molecule has 4 nitrogen and oxygen atoms in total. The van der Waals surface area contributed by atoms with Crippen LogP contribution in [0, 0.1) is 11.3 Å². The lowest BCUT2D eigenvalue weighted by atomic mass is 9.99. The third kappa shape index (κ3) is 3.06. The molecule has 0 amide bonds. The van der Waals surface area contributed by atoms with Crippen LogP contribution < -0.4 is 0 Å². The van der Waals surface area contributed by atoms with Crippen molar-refractivity contribution in [3.63, 3.8) is 0 Å². The number of hydrogen-bond donors (Lipinski definition) is 0. The quantitative estimate of drug-likeness (QED) is 0.539. The fourth-order valence-corrected chi connectivity index (χ4v) is 4.22. The van der Waals surface area contributed by atoms with Crippen LogP contribution in [0.5, 0.6) is 0 Å². The van der Waals surface area contributed by atoms with E-state index in [0.29, 0.717) is 17.0 Å². The summed E-state index contributed by atoms with van der Waals surface area (Å²) in [5, 5.41) is 9.49. The van der Waals surface area contributed by atoms with E-state index in [0.717, 1.165) is 41.5 Å². The Morgan fingerprint density at radius 2 is 2.07 bits per heavy atom. The van der Waals surface area contributed by atoms with Crippen LogP contribution >= 0.6 is 11.8 Å². The molecule has 1 fully saturated rings. The molecule has 1 aliphatic carbocycles. The van der Waals surface area contributed by atoms with E-state index in [4.69, 9.17) is 0 Å². The average molecular weight is 398 g/mol. The van der Waals surface area contributed by atoms with Gasteiger partial charge in [-0.3, -0.25) is 4.98 Å². The lowest BCUT2D eigenvalue weighted by Crippen LogP contribution is -2.06. The summed E-state index contributed by atoms with van der Waals surface area (Å²) < 4.78 is 29.3. The van der Waals surface area contributed by atoms with Gasteiger partial charge in [-0.1, -0.05) is 13.0 Å². The van der Waals surface area contributed by atoms with Gasteiger partial charge in [0.05, 0.1) is 22.5 Å². The summed E-state index contributed by atoms with van der Waals surface area (Å²) in [7, 11) is 1.86. The SMILES string of the molecule is CCSc1cc(C2(C#N)CC2)cnc1-c1nc2cc(C(C)(F)F)ccc2n1C. The van der Waals surface area contributed by atoms with Crippen LogP contribution in [0.25, 0.3) is 22.6 Å². The average Bonchev–Trinajstić information content (AvgIpc) is 3.40. The molecule has 0 atom stereocenters. The van der Waals surface area contributed by atoms with E-state index in [9.17, 15) is 14.0 Å². The Balaban J connectivity index is 1.85. The molecule has 4 rings (SSSR count). The van der Waals surface area contributed by atoms with Gasteiger partial charge < -0.3 is 4.57 Å². The number of aromatic nitrogens is 3. The number of thioether (sulfide) groups is 1. The number of hydrogen-bond acceptors (Lipinski definition) is 4. The molecule has 0 aliphatic heterocycles. The van der Waals surface area contributed by atoms with Gasteiger partial charge in [0.1, 0.15) is 5.69 Å². The molecule has 2 heterocycles. The largest absolute Gasteiger partial charge is 0.326 e. The fourth-order valence-electron chi connectivity index (χ4n) is 3.41. The number of aryl methyl sites for hydroxylation is 1. The van der Waals surface area contributed by atoms with Crippen LogP contribution in [0.2, 0.25) is 0 Å². The van der Waals surface area contributed by atoms with Crippen LogP contribution in [0.3, 0.4) is 0 Å². The monoisotopic (exact) mass is 398 g/mol. The van der Waals surface area contributed by atoms with Gasteiger partial charge in [0.15, 0.2) is 5.82 Å². The zero-order chi connectivity index (χ0) is 20.1. The Labute approximate surface area is 166 Å². The second-order valence-electron chi connectivity index (χ2n) is 7.28. The van der Waals surface area contributed by atoms with Crippen LogP contribution in [-0.4, -0.2) is 20.3 Å². The van der Waals surface area contributed by atoms with Crippen LogP contribution in [0.15, 0.2) is 35.4 Å². The van der Waals surface area contributed by atoms with Gasteiger partial charge in [-0.15, -0.1) is 11.8 Å². The highest BCUT2D eigenvalue weighted by Crippen LogP contribution is 2.48. The van der Waals surface area contributed by atoms with Gasteiger partial charge in [-0.05, 0) is 42.4 Å². The summed E-state index contributed by atoms with van der Waals surface area (Å²) in [5.41, 5.74) is 2.50. The standard InChI is InChI=1S/C21H20F2N4S/c1-4-28-17-10-14(21(12-24)7-8-21)11-25-18(17)19-26-15-9-13(20(2,22)23)5-6-16(15)27(19)3/h5-6,9-11H,4,7-8H2,1-3H3. The van der Waals surface area contributed by atoms with E-state index in [-0.39, 0.29) is 5.56 Å². The summed E-state index contributed by atoms with van der Waals surface area (Å²) >= 11 is 1.65. The second kappa shape index (κ2) is 6.56. The van der Waals surface area contributed by atoms with Crippen LogP contribution in [0.4, 0.5) is 8.78 Å². The minimum absolute atomic E-state index is 0.0548. The van der Waals surface area contributed by atoms with E-state index in [2.05, 4.69) is 23.0 Å². The number of imidazole rings is 1. The summed E-state index contributed by atoms with van der Waals surface area (Å²) in [6.07, 6.45) is 3.48. The molecular formula is C21H20F2N4S. The Kier molecular flexibility index (Phi) is 4.42. The molecule has 2 aromatic heterocycles. The van der Waals surface area contributed by atoms with Gasteiger partial charge >= 0.3 is 0 Å². The Morgan fingerprint density at radius 1 is 1.32 bits per heavy atom. The van der Waals surface area contributed by atoms with Crippen molar-refractivity contribution in [3.05, 3.63) is 41.6 Å². The molecule has 0 bridgehead atoms. The van der Waals surface area contributed by atoms with Crippen molar-refractivity contribution in [2.24, 2.45) is 7.05 Å². The summed E-state index contributed by atoms with van der Waals surface area (Å²) in [5.74, 6) is -1.42. The zero-order valence-electron chi connectivity index (χ0n) is 16.0. The highest BCUT2D eigenvalue weighted by Gasteiger charge is 2.45. The first-order valence-electron chi connectivity index (χ1n) is 9.19. The number of alkyl halides is 2. The molecule has 0 radical (unpaired) electrons. The second-order valence-corrected chi connectivity index (χ2v) is 8.59. The number of benzene rings is 1. The normalized spacial score (nSPS) is 15.6. The number of halogens is 2. The maximum Gasteiger partial charge on any atom is 0.270 e. The summed E-state index contributed by atoms with van der Waals surface area (Å²) in [6, 6.07) is 9.00. The predicted molar refractivity (Wildman–Crippen MR) is 106 cm³/mol. The molecule has 144 valence electrons. The Hall–Kier alpha value is -2.46.